The normalized spacial score (nSPS) is 14.6. The van der Waals surface area contributed by atoms with Gasteiger partial charge in [-0.25, -0.2) is 0 Å². The quantitative estimate of drug-likeness (QED) is 0.476. The van der Waals surface area contributed by atoms with Gasteiger partial charge in [0.2, 0.25) is 0 Å². The number of aromatic hydroxyl groups is 1. The van der Waals surface area contributed by atoms with Crippen LogP contribution in [0, 0.1) is 0 Å². The largest absolute Gasteiger partial charge is 0.508 e. The number of aliphatic hydroxyl groups is 2. The summed E-state index contributed by atoms with van der Waals surface area (Å²) >= 11 is 0. The smallest absolute Gasteiger partial charge is 0.121 e. The zero-order chi connectivity index (χ0) is 12.8. The third-order valence-electron chi connectivity index (χ3n) is 2.75. The Balaban J connectivity index is 2.77. The van der Waals surface area contributed by atoms with Gasteiger partial charge in [-0.1, -0.05) is 6.07 Å². The third kappa shape index (κ3) is 3.67. The molecule has 2 atom stereocenters. The first-order valence-corrected chi connectivity index (χ1v) is 5.61. The number of hydrogen-bond acceptors (Lipinski definition) is 5. The molecule has 0 spiro atoms. The van der Waals surface area contributed by atoms with E-state index in [2.05, 4.69) is 5.32 Å². The van der Waals surface area contributed by atoms with Crippen molar-refractivity contribution in [3.05, 3.63) is 29.3 Å². The summed E-state index contributed by atoms with van der Waals surface area (Å²) in [6.45, 7) is 0.460. The first kappa shape index (κ1) is 13.9. The number of nitrogens with two attached hydrogens (primary N) is 1. The van der Waals surface area contributed by atoms with E-state index in [4.69, 9.17) is 10.8 Å². The molecule has 1 aromatic carbocycles. The van der Waals surface area contributed by atoms with Gasteiger partial charge in [-0.05, 0) is 37.7 Å². The van der Waals surface area contributed by atoms with E-state index in [1.807, 2.05) is 7.05 Å². The Bertz CT molecular complexity index is 358. The molecule has 0 aliphatic heterocycles. The fourth-order valence-corrected chi connectivity index (χ4v) is 1.63. The Hall–Kier alpha value is -1.14. The van der Waals surface area contributed by atoms with E-state index in [1.165, 1.54) is 6.07 Å². The van der Waals surface area contributed by atoms with Gasteiger partial charge in [-0.2, -0.15) is 0 Å². The number of phenols is 1. The van der Waals surface area contributed by atoms with Crippen LogP contribution in [0.3, 0.4) is 0 Å². The number of rotatable bonds is 6. The van der Waals surface area contributed by atoms with E-state index < -0.39 is 6.10 Å². The van der Waals surface area contributed by atoms with E-state index in [-0.39, 0.29) is 18.4 Å². The maximum absolute atomic E-state index is 10.0. The van der Waals surface area contributed by atoms with Crippen LogP contribution >= 0.6 is 0 Å². The minimum absolute atomic E-state index is 0.0206. The van der Waals surface area contributed by atoms with Gasteiger partial charge in [0.25, 0.3) is 0 Å². The lowest BCUT2D eigenvalue weighted by atomic mass is 9.98. The molecule has 0 aliphatic carbocycles. The Morgan fingerprint density at radius 2 is 2.12 bits per heavy atom. The van der Waals surface area contributed by atoms with Gasteiger partial charge < -0.3 is 26.4 Å². The van der Waals surface area contributed by atoms with Crippen LogP contribution in [0.15, 0.2) is 18.2 Å². The van der Waals surface area contributed by atoms with Gasteiger partial charge >= 0.3 is 0 Å². The van der Waals surface area contributed by atoms with Crippen molar-refractivity contribution in [3.63, 3.8) is 0 Å². The van der Waals surface area contributed by atoms with Crippen molar-refractivity contribution in [1.29, 1.82) is 0 Å². The van der Waals surface area contributed by atoms with Crippen LogP contribution < -0.4 is 11.1 Å². The highest BCUT2D eigenvalue weighted by atomic mass is 16.3. The Morgan fingerprint density at radius 3 is 2.71 bits per heavy atom. The molecule has 0 bridgehead atoms. The SMILES string of the molecule is CNCCC(N)C(O)c1ccc(O)c(CO)c1. The van der Waals surface area contributed by atoms with Gasteiger partial charge in [-0.3, -0.25) is 0 Å². The molecule has 0 aromatic heterocycles. The summed E-state index contributed by atoms with van der Waals surface area (Å²) in [5.74, 6) is 0.0206. The topological polar surface area (TPSA) is 98.7 Å². The van der Waals surface area contributed by atoms with Gasteiger partial charge in [0.15, 0.2) is 0 Å². The Morgan fingerprint density at radius 1 is 1.41 bits per heavy atom. The third-order valence-corrected chi connectivity index (χ3v) is 2.75. The van der Waals surface area contributed by atoms with Gasteiger partial charge in [0.05, 0.1) is 12.7 Å². The molecule has 6 N–H and O–H groups in total. The van der Waals surface area contributed by atoms with Crippen molar-refractivity contribution in [2.24, 2.45) is 5.73 Å². The lowest BCUT2D eigenvalue weighted by Crippen LogP contribution is -2.31. The molecule has 0 saturated heterocycles. The van der Waals surface area contributed by atoms with Crippen LogP contribution in [-0.4, -0.2) is 35.0 Å². The molecule has 5 nitrogen and oxygen atoms in total. The molecule has 0 radical (unpaired) electrons. The first-order valence-electron chi connectivity index (χ1n) is 5.61. The molecule has 17 heavy (non-hydrogen) atoms. The van der Waals surface area contributed by atoms with Crippen LogP contribution in [0.2, 0.25) is 0 Å². The summed E-state index contributed by atoms with van der Waals surface area (Å²) in [4.78, 5) is 0. The minimum Gasteiger partial charge on any atom is -0.508 e. The van der Waals surface area contributed by atoms with Crippen LogP contribution in [0.4, 0.5) is 0 Å². The van der Waals surface area contributed by atoms with Crippen LogP contribution in [0.5, 0.6) is 5.75 Å². The summed E-state index contributed by atoms with van der Waals surface area (Å²) in [5.41, 5.74) is 6.85. The van der Waals surface area contributed by atoms with Crippen LogP contribution in [0.25, 0.3) is 0 Å². The molecule has 5 heteroatoms. The molecule has 0 heterocycles. The summed E-state index contributed by atoms with van der Waals surface area (Å²) < 4.78 is 0. The van der Waals surface area contributed by atoms with E-state index in [9.17, 15) is 10.2 Å². The zero-order valence-electron chi connectivity index (χ0n) is 9.93. The standard InChI is InChI=1S/C12H20N2O3/c1-14-5-4-10(13)12(17)8-2-3-11(16)9(6-8)7-15/h2-3,6,10,12,14-17H,4-5,7,13H2,1H3. The Labute approximate surface area is 101 Å². The molecule has 0 fully saturated rings. The summed E-state index contributed by atoms with van der Waals surface area (Å²) in [5, 5.41) is 31.4. The zero-order valence-corrected chi connectivity index (χ0v) is 9.93. The van der Waals surface area contributed by atoms with E-state index in [0.29, 0.717) is 17.5 Å². The number of aliphatic hydroxyl groups excluding tert-OH is 2. The summed E-state index contributed by atoms with van der Waals surface area (Å²) in [7, 11) is 1.82. The summed E-state index contributed by atoms with van der Waals surface area (Å²) in [6, 6.07) is 4.26. The number of nitrogens with one attached hydrogen (secondary N) is 1. The molecule has 0 amide bonds. The van der Waals surface area contributed by atoms with E-state index >= 15 is 0 Å². The predicted molar refractivity (Wildman–Crippen MR) is 65.5 cm³/mol. The monoisotopic (exact) mass is 240 g/mol. The van der Waals surface area contributed by atoms with Crippen molar-refractivity contribution < 1.29 is 15.3 Å². The maximum atomic E-state index is 10.0. The second-order valence-corrected chi connectivity index (χ2v) is 4.05. The highest BCUT2D eigenvalue weighted by Gasteiger charge is 2.17. The molecule has 0 saturated carbocycles. The van der Waals surface area contributed by atoms with Crippen molar-refractivity contribution in [3.8, 4) is 5.75 Å². The molecule has 0 aliphatic rings. The van der Waals surface area contributed by atoms with E-state index in [0.717, 1.165) is 6.54 Å². The lowest BCUT2D eigenvalue weighted by molar-refractivity contribution is 0.142. The molecule has 2 unspecified atom stereocenters. The predicted octanol–water partition coefficient (Wildman–Crippen LogP) is -0.145. The molecule has 1 rings (SSSR count). The fraction of sp³-hybridized carbons (Fsp3) is 0.500. The second-order valence-electron chi connectivity index (χ2n) is 4.05. The Kier molecular flexibility index (Phi) is 5.37. The second kappa shape index (κ2) is 6.56. The molecule has 96 valence electrons. The molecular weight excluding hydrogens is 220 g/mol. The first-order chi connectivity index (χ1) is 8.10. The van der Waals surface area contributed by atoms with E-state index in [1.54, 1.807) is 12.1 Å². The molecule has 1 aromatic rings. The highest BCUT2D eigenvalue weighted by molar-refractivity contribution is 5.36. The maximum Gasteiger partial charge on any atom is 0.121 e. The fourth-order valence-electron chi connectivity index (χ4n) is 1.63. The van der Waals surface area contributed by atoms with Gasteiger partial charge in [-0.15, -0.1) is 0 Å². The lowest BCUT2D eigenvalue weighted by Gasteiger charge is -2.19. The summed E-state index contributed by atoms with van der Waals surface area (Å²) in [6.07, 6.45) is -0.151. The highest BCUT2D eigenvalue weighted by Crippen LogP contribution is 2.24. The van der Waals surface area contributed by atoms with Crippen molar-refractivity contribution in [2.75, 3.05) is 13.6 Å². The van der Waals surface area contributed by atoms with Gasteiger partial charge in [0, 0.05) is 11.6 Å². The van der Waals surface area contributed by atoms with Crippen molar-refractivity contribution in [2.45, 2.75) is 25.2 Å². The van der Waals surface area contributed by atoms with Crippen molar-refractivity contribution in [1.82, 2.24) is 5.32 Å². The average molecular weight is 240 g/mol. The van der Waals surface area contributed by atoms with Crippen LogP contribution in [0.1, 0.15) is 23.7 Å². The minimum atomic E-state index is -0.797. The van der Waals surface area contributed by atoms with Crippen molar-refractivity contribution >= 4 is 0 Å². The van der Waals surface area contributed by atoms with Crippen LogP contribution in [-0.2, 0) is 6.61 Å². The number of benzene rings is 1. The van der Waals surface area contributed by atoms with Gasteiger partial charge in [0.1, 0.15) is 5.75 Å². The molecular formula is C12H20N2O3. The average Bonchev–Trinajstić information content (AvgIpc) is 2.35. The number of hydrogen-bond donors (Lipinski definition) is 5.